The van der Waals surface area contributed by atoms with Crippen LogP contribution in [0.4, 0.5) is 18.9 Å². The normalized spacial score (nSPS) is 15.9. The number of carbonyl (C=O) groups excluding carboxylic acids is 1. The minimum atomic E-state index is -4.34. The van der Waals surface area contributed by atoms with Crippen LogP contribution in [0.5, 0.6) is 0 Å². The van der Waals surface area contributed by atoms with Crippen molar-refractivity contribution in [1.29, 1.82) is 0 Å². The van der Waals surface area contributed by atoms with Crippen LogP contribution in [0.1, 0.15) is 21.7 Å². The summed E-state index contributed by atoms with van der Waals surface area (Å²) in [5.41, 5.74) is 0.668. The zero-order chi connectivity index (χ0) is 18.7. The maximum absolute atomic E-state index is 12.9. The van der Waals surface area contributed by atoms with E-state index in [4.69, 9.17) is 4.42 Å². The van der Waals surface area contributed by atoms with E-state index in [9.17, 15) is 18.0 Å². The summed E-state index contributed by atoms with van der Waals surface area (Å²) >= 11 is 0. The molecule has 26 heavy (non-hydrogen) atoms. The first kappa shape index (κ1) is 18.3. The summed E-state index contributed by atoms with van der Waals surface area (Å²) in [4.78, 5) is 15.7. The first-order valence-corrected chi connectivity index (χ1v) is 8.17. The lowest BCUT2D eigenvalue weighted by molar-refractivity contribution is -0.137. The molecule has 0 bridgehead atoms. The molecule has 0 unspecified atom stereocenters. The number of ether oxygens (including phenoxy) is 1. The number of benzene rings is 1. The molecule has 0 saturated carbocycles. The van der Waals surface area contributed by atoms with Crippen LogP contribution in [0.25, 0.3) is 0 Å². The molecule has 0 amide bonds. The maximum atomic E-state index is 12.9. The Labute approximate surface area is 148 Å². The number of carbonyl (C=O) groups is 1. The van der Waals surface area contributed by atoms with Crippen molar-refractivity contribution >= 4 is 11.7 Å². The van der Waals surface area contributed by atoms with Gasteiger partial charge >= 0.3 is 12.1 Å². The Balaban J connectivity index is 1.62. The van der Waals surface area contributed by atoms with Gasteiger partial charge in [-0.15, -0.1) is 0 Å². The van der Waals surface area contributed by atoms with E-state index in [1.807, 2.05) is 4.90 Å². The fourth-order valence-corrected chi connectivity index (χ4v) is 3.02. The molecular weight excluding hydrogens is 349 g/mol. The highest BCUT2D eigenvalue weighted by atomic mass is 19.4. The van der Waals surface area contributed by atoms with Gasteiger partial charge in [0.2, 0.25) is 5.76 Å². The van der Waals surface area contributed by atoms with Crippen molar-refractivity contribution in [2.45, 2.75) is 12.7 Å². The molecule has 1 fully saturated rings. The van der Waals surface area contributed by atoms with E-state index in [0.717, 1.165) is 11.6 Å². The summed E-state index contributed by atoms with van der Waals surface area (Å²) in [5, 5.41) is 0. The number of anilines is 1. The molecule has 2 heterocycles. The van der Waals surface area contributed by atoms with Crippen LogP contribution < -0.4 is 4.90 Å². The second-order valence-electron chi connectivity index (χ2n) is 6.08. The van der Waals surface area contributed by atoms with Gasteiger partial charge in [0.25, 0.3) is 0 Å². The molecule has 0 N–H and O–H groups in total. The second kappa shape index (κ2) is 7.41. The smallest absolute Gasteiger partial charge is 0.416 e. The Morgan fingerprint density at radius 1 is 1.19 bits per heavy atom. The molecule has 5 nitrogen and oxygen atoms in total. The first-order chi connectivity index (χ1) is 12.4. The molecule has 0 spiro atoms. The van der Waals surface area contributed by atoms with Gasteiger partial charge in [-0.1, -0.05) is 6.07 Å². The monoisotopic (exact) mass is 368 g/mol. The van der Waals surface area contributed by atoms with Crippen LogP contribution in [0.15, 0.2) is 41.0 Å². The van der Waals surface area contributed by atoms with Crippen molar-refractivity contribution in [1.82, 2.24) is 4.90 Å². The van der Waals surface area contributed by atoms with E-state index in [2.05, 4.69) is 9.64 Å². The van der Waals surface area contributed by atoms with Gasteiger partial charge in [0.1, 0.15) is 0 Å². The first-order valence-electron chi connectivity index (χ1n) is 8.17. The molecule has 1 aliphatic rings. The van der Waals surface area contributed by atoms with Gasteiger partial charge in [0, 0.05) is 44.0 Å². The average Bonchev–Trinajstić information content (AvgIpc) is 3.09. The summed E-state index contributed by atoms with van der Waals surface area (Å²) in [6.07, 6.45) is -2.90. The third kappa shape index (κ3) is 4.01. The average molecular weight is 368 g/mol. The Bertz CT molecular complexity index is 765. The van der Waals surface area contributed by atoms with Crippen molar-refractivity contribution in [3.05, 3.63) is 53.5 Å². The Morgan fingerprint density at radius 2 is 1.92 bits per heavy atom. The Morgan fingerprint density at radius 3 is 2.58 bits per heavy atom. The van der Waals surface area contributed by atoms with E-state index in [1.165, 1.54) is 25.5 Å². The predicted octanol–water partition coefficient (Wildman–Crippen LogP) is 3.41. The van der Waals surface area contributed by atoms with E-state index in [1.54, 1.807) is 12.1 Å². The topological polar surface area (TPSA) is 45.9 Å². The van der Waals surface area contributed by atoms with E-state index in [0.29, 0.717) is 38.4 Å². The van der Waals surface area contributed by atoms with Crippen LogP contribution in [0.2, 0.25) is 0 Å². The number of rotatable bonds is 4. The number of methoxy groups -OCH3 is 1. The summed E-state index contributed by atoms with van der Waals surface area (Å²) in [6.45, 7) is 3.07. The molecule has 1 aromatic carbocycles. The second-order valence-corrected chi connectivity index (χ2v) is 6.08. The quantitative estimate of drug-likeness (QED) is 0.774. The van der Waals surface area contributed by atoms with Gasteiger partial charge in [0.15, 0.2) is 0 Å². The summed E-state index contributed by atoms with van der Waals surface area (Å²) in [7, 11) is 1.29. The van der Waals surface area contributed by atoms with E-state index >= 15 is 0 Å². The van der Waals surface area contributed by atoms with Gasteiger partial charge < -0.3 is 14.1 Å². The fraction of sp³-hybridized carbons (Fsp3) is 0.389. The third-order valence-corrected chi connectivity index (χ3v) is 4.42. The lowest BCUT2D eigenvalue weighted by atomic mass is 10.1. The van der Waals surface area contributed by atoms with Gasteiger partial charge in [0.05, 0.1) is 18.9 Å². The lowest BCUT2D eigenvalue weighted by Crippen LogP contribution is -2.46. The molecule has 2 aromatic rings. The third-order valence-electron chi connectivity index (χ3n) is 4.42. The van der Waals surface area contributed by atoms with Gasteiger partial charge in [-0.3, -0.25) is 4.90 Å². The van der Waals surface area contributed by atoms with Crippen LogP contribution in [0, 0.1) is 0 Å². The number of nitrogens with zero attached hydrogens (tertiary/aromatic N) is 2. The summed E-state index contributed by atoms with van der Waals surface area (Å²) in [5.74, 6) is -0.333. The minimum absolute atomic E-state index is 0.188. The molecule has 140 valence electrons. The molecule has 1 aliphatic heterocycles. The molecule has 0 atom stereocenters. The largest absolute Gasteiger partial charge is 0.463 e. The van der Waals surface area contributed by atoms with Crippen LogP contribution >= 0.6 is 0 Å². The van der Waals surface area contributed by atoms with Gasteiger partial charge in [-0.25, -0.2) is 4.79 Å². The highest BCUT2D eigenvalue weighted by Gasteiger charge is 2.31. The summed E-state index contributed by atoms with van der Waals surface area (Å²) < 4.78 is 48.5. The van der Waals surface area contributed by atoms with Gasteiger partial charge in [-0.05, 0) is 24.3 Å². The number of alkyl halides is 3. The standard InChI is InChI=1S/C18H19F3N2O3/c1-25-17(24)16-13(5-10-26-16)12-22-6-8-23(9-7-22)15-4-2-3-14(11-15)18(19,20)21/h2-5,10-11H,6-9,12H2,1H3. The molecule has 0 radical (unpaired) electrons. The zero-order valence-electron chi connectivity index (χ0n) is 14.3. The van der Waals surface area contributed by atoms with Crippen molar-refractivity contribution in [2.24, 2.45) is 0 Å². The van der Waals surface area contributed by atoms with Crippen molar-refractivity contribution < 1.29 is 27.1 Å². The predicted molar refractivity (Wildman–Crippen MR) is 89.0 cm³/mol. The van der Waals surface area contributed by atoms with Crippen LogP contribution in [-0.4, -0.2) is 44.2 Å². The highest BCUT2D eigenvalue weighted by Crippen LogP contribution is 2.32. The van der Waals surface area contributed by atoms with E-state index < -0.39 is 17.7 Å². The Hall–Kier alpha value is -2.48. The van der Waals surface area contributed by atoms with Crippen LogP contribution in [-0.2, 0) is 17.5 Å². The number of hydrogen-bond donors (Lipinski definition) is 0. The van der Waals surface area contributed by atoms with Crippen LogP contribution in [0.3, 0.4) is 0 Å². The number of hydrogen-bond acceptors (Lipinski definition) is 5. The molecule has 1 saturated heterocycles. The number of piperazine rings is 1. The SMILES string of the molecule is COC(=O)c1occc1CN1CCN(c2cccc(C(F)(F)F)c2)CC1. The van der Waals surface area contributed by atoms with Crippen molar-refractivity contribution in [2.75, 3.05) is 38.2 Å². The van der Waals surface area contributed by atoms with Crippen molar-refractivity contribution in [3.63, 3.8) is 0 Å². The molecule has 0 aliphatic carbocycles. The molecule has 1 aromatic heterocycles. The number of halogens is 3. The Kier molecular flexibility index (Phi) is 5.22. The lowest BCUT2D eigenvalue weighted by Gasteiger charge is -2.36. The highest BCUT2D eigenvalue weighted by molar-refractivity contribution is 5.87. The zero-order valence-corrected chi connectivity index (χ0v) is 14.3. The maximum Gasteiger partial charge on any atom is 0.416 e. The number of esters is 1. The number of furan rings is 1. The van der Waals surface area contributed by atoms with Crippen molar-refractivity contribution in [3.8, 4) is 0 Å². The fourth-order valence-electron chi connectivity index (χ4n) is 3.02. The van der Waals surface area contributed by atoms with Gasteiger partial charge in [-0.2, -0.15) is 13.2 Å². The minimum Gasteiger partial charge on any atom is -0.463 e. The van der Waals surface area contributed by atoms with E-state index in [-0.39, 0.29) is 5.76 Å². The molecular formula is C18H19F3N2O3. The molecule has 8 heteroatoms. The molecule has 3 rings (SSSR count). The summed E-state index contributed by atoms with van der Waals surface area (Å²) in [6, 6.07) is 7.11.